The SMILES string of the molecule is CCCn1c(CO)nn(CN(C)Cc2ccc(C)cc2)c1=S. The quantitative estimate of drug-likeness (QED) is 0.797. The van der Waals surface area contributed by atoms with Crippen LogP contribution in [0.3, 0.4) is 0 Å². The maximum absolute atomic E-state index is 9.42. The predicted octanol–water partition coefficient (Wildman–Crippen LogP) is 2.71. The van der Waals surface area contributed by atoms with E-state index in [4.69, 9.17) is 12.2 Å². The summed E-state index contributed by atoms with van der Waals surface area (Å²) < 4.78 is 4.36. The van der Waals surface area contributed by atoms with Crippen LogP contribution < -0.4 is 0 Å². The first kappa shape index (κ1) is 16.9. The summed E-state index contributed by atoms with van der Waals surface area (Å²) in [4.78, 5) is 2.16. The largest absolute Gasteiger partial charge is 0.388 e. The molecule has 2 rings (SSSR count). The zero-order chi connectivity index (χ0) is 16.1. The van der Waals surface area contributed by atoms with E-state index in [0.29, 0.717) is 17.3 Å². The molecule has 1 N–H and O–H groups in total. The smallest absolute Gasteiger partial charge is 0.199 e. The highest BCUT2D eigenvalue weighted by atomic mass is 32.1. The van der Waals surface area contributed by atoms with E-state index in [1.165, 1.54) is 11.1 Å². The number of aryl methyl sites for hydroxylation is 1. The third kappa shape index (κ3) is 4.03. The Labute approximate surface area is 136 Å². The van der Waals surface area contributed by atoms with Crippen LogP contribution in [-0.2, 0) is 26.4 Å². The third-order valence-electron chi connectivity index (χ3n) is 3.54. The number of nitrogens with zero attached hydrogens (tertiary/aromatic N) is 4. The fourth-order valence-corrected chi connectivity index (χ4v) is 2.72. The lowest BCUT2D eigenvalue weighted by atomic mass is 10.1. The van der Waals surface area contributed by atoms with Gasteiger partial charge in [-0.15, -0.1) is 0 Å². The molecule has 0 aliphatic carbocycles. The molecule has 0 aliphatic rings. The average molecular weight is 320 g/mol. The summed E-state index contributed by atoms with van der Waals surface area (Å²) >= 11 is 5.47. The van der Waals surface area contributed by atoms with Crippen LogP contribution in [-0.4, -0.2) is 31.4 Å². The molecule has 0 bridgehead atoms. The summed E-state index contributed by atoms with van der Waals surface area (Å²) in [5.74, 6) is 0.635. The molecule has 22 heavy (non-hydrogen) atoms. The highest BCUT2D eigenvalue weighted by Gasteiger charge is 2.11. The van der Waals surface area contributed by atoms with E-state index in [-0.39, 0.29) is 6.61 Å². The average Bonchev–Trinajstić information content (AvgIpc) is 2.79. The second-order valence-corrected chi connectivity index (χ2v) is 6.01. The van der Waals surface area contributed by atoms with Gasteiger partial charge in [0, 0.05) is 13.1 Å². The van der Waals surface area contributed by atoms with Gasteiger partial charge in [-0.1, -0.05) is 36.8 Å². The van der Waals surface area contributed by atoms with Gasteiger partial charge < -0.3 is 9.67 Å². The number of aliphatic hydroxyl groups excluding tert-OH is 1. The van der Waals surface area contributed by atoms with Crippen LogP contribution >= 0.6 is 12.2 Å². The Hall–Kier alpha value is -1.50. The Morgan fingerprint density at radius 2 is 1.95 bits per heavy atom. The number of benzene rings is 1. The minimum Gasteiger partial charge on any atom is -0.388 e. The minimum atomic E-state index is -0.0850. The summed E-state index contributed by atoms with van der Waals surface area (Å²) in [6.07, 6.45) is 0.964. The van der Waals surface area contributed by atoms with E-state index in [9.17, 15) is 5.11 Å². The zero-order valence-corrected chi connectivity index (χ0v) is 14.3. The molecule has 0 radical (unpaired) electrons. The van der Waals surface area contributed by atoms with E-state index in [2.05, 4.69) is 48.1 Å². The first-order chi connectivity index (χ1) is 10.5. The normalized spacial score (nSPS) is 11.3. The van der Waals surface area contributed by atoms with Gasteiger partial charge >= 0.3 is 0 Å². The van der Waals surface area contributed by atoms with E-state index < -0.39 is 0 Å². The molecule has 0 atom stereocenters. The van der Waals surface area contributed by atoms with Crippen LogP contribution in [0, 0.1) is 11.7 Å². The van der Waals surface area contributed by atoms with Crippen LogP contribution in [0.15, 0.2) is 24.3 Å². The maximum Gasteiger partial charge on any atom is 0.199 e. The fourth-order valence-electron chi connectivity index (χ4n) is 2.43. The molecule has 5 nitrogen and oxygen atoms in total. The van der Waals surface area contributed by atoms with Crippen molar-refractivity contribution in [3.8, 4) is 0 Å². The standard InChI is InChI=1S/C16H24N4OS/c1-4-9-19-15(11-21)17-20(16(19)22)12-18(3)10-14-7-5-13(2)6-8-14/h5-8,21H,4,9-12H2,1-3H3. The van der Waals surface area contributed by atoms with E-state index in [1.54, 1.807) is 4.68 Å². The predicted molar refractivity (Wildman–Crippen MR) is 89.9 cm³/mol. The van der Waals surface area contributed by atoms with Crippen LogP contribution in [0.4, 0.5) is 0 Å². The van der Waals surface area contributed by atoms with Crippen molar-refractivity contribution >= 4 is 12.2 Å². The number of aromatic nitrogens is 3. The molecular weight excluding hydrogens is 296 g/mol. The fraction of sp³-hybridized carbons (Fsp3) is 0.500. The third-order valence-corrected chi connectivity index (χ3v) is 3.97. The molecular formula is C16H24N4OS. The Morgan fingerprint density at radius 1 is 1.27 bits per heavy atom. The van der Waals surface area contributed by atoms with Crippen LogP contribution in [0.2, 0.25) is 0 Å². The van der Waals surface area contributed by atoms with Crippen LogP contribution in [0.25, 0.3) is 0 Å². The van der Waals surface area contributed by atoms with Gasteiger partial charge in [0.2, 0.25) is 0 Å². The van der Waals surface area contributed by atoms with Crippen molar-refractivity contribution in [3.05, 3.63) is 46.0 Å². The highest BCUT2D eigenvalue weighted by Crippen LogP contribution is 2.08. The molecule has 6 heteroatoms. The molecule has 120 valence electrons. The number of hydrogen-bond donors (Lipinski definition) is 1. The number of aliphatic hydroxyl groups is 1. The van der Waals surface area contributed by atoms with Gasteiger partial charge in [0.15, 0.2) is 10.6 Å². The molecule has 1 aromatic heterocycles. The molecule has 0 aliphatic heterocycles. The number of rotatable bonds is 7. The maximum atomic E-state index is 9.42. The lowest BCUT2D eigenvalue weighted by Gasteiger charge is -2.16. The Morgan fingerprint density at radius 3 is 2.55 bits per heavy atom. The van der Waals surface area contributed by atoms with Gasteiger partial charge in [-0.25, -0.2) is 4.68 Å². The van der Waals surface area contributed by atoms with Crippen molar-refractivity contribution in [2.75, 3.05) is 7.05 Å². The molecule has 0 fully saturated rings. The van der Waals surface area contributed by atoms with Gasteiger partial charge in [0.25, 0.3) is 0 Å². The summed E-state index contributed by atoms with van der Waals surface area (Å²) in [7, 11) is 2.04. The molecule has 0 unspecified atom stereocenters. The van der Waals surface area contributed by atoms with Crippen LogP contribution in [0.1, 0.15) is 30.3 Å². The topological polar surface area (TPSA) is 46.2 Å². The second-order valence-electron chi connectivity index (χ2n) is 5.65. The molecule has 0 spiro atoms. The van der Waals surface area contributed by atoms with Gasteiger partial charge in [-0.2, -0.15) is 5.10 Å². The summed E-state index contributed by atoms with van der Waals surface area (Å²) in [5.41, 5.74) is 2.52. The van der Waals surface area contributed by atoms with Crippen LogP contribution in [0.5, 0.6) is 0 Å². The van der Waals surface area contributed by atoms with E-state index in [0.717, 1.165) is 19.5 Å². The van der Waals surface area contributed by atoms with E-state index in [1.807, 2.05) is 11.6 Å². The molecule has 2 aromatic rings. The van der Waals surface area contributed by atoms with Crippen molar-refractivity contribution < 1.29 is 5.11 Å². The first-order valence-electron chi connectivity index (χ1n) is 7.56. The second kappa shape index (κ2) is 7.67. The Bertz CT molecular complexity index is 660. The van der Waals surface area contributed by atoms with Gasteiger partial charge in [0.1, 0.15) is 6.61 Å². The van der Waals surface area contributed by atoms with Gasteiger partial charge in [-0.3, -0.25) is 4.90 Å². The molecule has 0 amide bonds. The summed E-state index contributed by atoms with van der Waals surface area (Å²) in [6, 6.07) is 8.52. The van der Waals surface area contributed by atoms with Gasteiger partial charge in [0.05, 0.1) is 6.67 Å². The van der Waals surface area contributed by atoms with Crippen molar-refractivity contribution in [1.82, 2.24) is 19.2 Å². The van der Waals surface area contributed by atoms with E-state index >= 15 is 0 Å². The Kier molecular flexibility index (Phi) is 5.88. The molecule has 1 heterocycles. The lowest BCUT2D eigenvalue weighted by Crippen LogP contribution is -2.22. The van der Waals surface area contributed by atoms with Crippen molar-refractivity contribution in [2.24, 2.45) is 0 Å². The first-order valence-corrected chi connectivity index (χ1v) is 7.97. The molecule has 0 saturated carbocycles. The highest BCUT2D eigenvalue weighted by molar-refractivity contribution is 7.71. The van der Waals surface area contributed by atoms with Crippen molar-refractivity contribution in [1.29, 1.82) is 0 Å². The molecule has 1 aromatic carbocycles. The summed E-state index contributed by atoms with van der Waals surface area (Å²) in [5, 5.41) is 13.8. The monoisotopic (exact) mass is 320 g/mol. The zero-order valence-electron chi connectivity index (χ0n) is 13.5. The Balaban J connectivity index is 2.09. The number of hydrogen-bond acceptors (Lipinski definition) is 4. The molecule has 0 saturated heterocycles. The van der Waals surface area contributed by atoms with Gasteiger partial charge in [-0.05, 0) is 38.2 Å². The van der Waals surface area contributed by atoms with Crippen molar-refractivity contribution in [3.63, 3.8) is 0 Å². The van der Waals surface area contributed by atoms with Crippen molar-refractivity contribution in [2.45, 2.75) is 46.6 Å². The minimum absolute atomic E-state index is 0.0850. The lowest BCUT2D eigenvalue weighted by molar-refractivity contribution is 0.238. The summed E-state index contributed by atoms with van der Waals surface area (Å²) in [6.45, 7) is 6.32.